The van der Waals surface area contributed by atoms with E-state index in [1.54, 1.807) is 0 Å². The molecule has 4 nitrogen and oxygen atoms in total. The van der Waals surface area contributed by atoms with Crippen LogP contribution in [0.4, 0.5) is 0 Å². The van der Waals surface area contributed by atoms with Gasteiger partial charge in [-0.1, -0.05) is 25.7 Å². The summed E-state index contributed by atoms with van der Waals surface area (Å²) in [6, 6.07) is 0. The van der Waals surface area contributed by atoms with Crippen molar-refractivity contribution in [1.82, 2.24) is 10.0 Å². The summed E-state index contributed by atoms with van der Waals surface area (Å²) in [6.45, 7) is 18.5. The lowest BCUT2D eigenvalue weighted by Crippen LogP contribution is -2.65. The second-order valence-corrected chi connectivity index (χ2v) is 12.1. The summed E-state index contributed by atoms with van der Waals surface area (Å²) >= 11 is 0. The molecule has 166 valence electrons. The Morgan fingerprint density at radius 2 is 0.929 bits per heavy atom. The predicted octanol–water partition coefficient (Wildman–Crippen LogP) is 5.61. The van der Waals surface area contributed by atoms with Crippen LogP contribution in [0.3, 0.4) is 0 Å². The average molecular weight is 395 g/mol. The van der Waals surface area contributed by atoms with Crippen LogP contribution in [0.15, 0.2) is 0 Å². The van der Waals surface area contributed by atoms with Crippen LogP contribution in [0.2, 0.25) is 0 Å². The van der Waals surface area contributed by atoms with Gasteiger partial charge in [0.2, 0.25) is 0 Å². The highest BCUT2D eigenvalue weighted by Gasteiger charge is 2.46. The highest BCUT2D eigenvalue weighted by Crippen LogP contribution is 2.43. The molecular formula is C24H50N4. The lowest BCUT2D eigenvalue weighted by molar-refractivity contribution is -0.0704. The number of rotatable bonds is 7. The zero-order valence-electron chi connectivity index (χ0n) is 20.3. The summed E-state index contributed by atoms with van der Waals surface area (Å²) in [4.78, 5) is 0. The Bertz CT molecular complexity index is 463. The van der Waals surface area contributed by atoms with Gasteiger partial charge in [0.05, 0.1) is 0 Å². The molecule has 2 saturated heterocycles. The average Bonchev–Trinajstić information content (AvgIpc) is 2.58. The lowest BCUT2D eigenvalue weighted by Gasteiger charge is -2.54. The molecule has 0 aromatic rings. The second kappa shape index (κ2) is 8.53. The normalized spacial score (nSPS) is 32.4. The summed E-state index contributed by atoms with van der Waals surface area (Å²) in [5.74, 6) is 14.4. The third-order valence-electron chi connectivity index (χ3n) is 8.61. The molecule has 28 heavy (non-hydrogen) atoms. The molecule has 0 aromatic heterocycles. The Morgan fingerprint density at radius 1 is 0.607 bits per heavy atom. The van der Waals surface area contributed by atoms with Gasteiger partial charge in [-0.05, 0) is 106 Å². The topological polar surface area (TPSA) is 58.5 Å². The van der Waals surface area contributed by atoms with Crippen LogP contribution in [0.5, 0.6) is 0 Å². The molecule has 2 atom stereocenters. The van der Waals surface area contributed by atoms with Crippen molar-refractivity contribution in [3.05, 3.63) is 0 Å². The Morgan fingerprint density at radius 3 is 1.25 bits per heavy atom. The van der Waals surface area contributed by atoms with E-state index in [1.807, 2.05) is 0 Å². The van der Waals surface area contributed by atoms with Crippen LogP contribution in [-0.2, 0) is 0 Å². The van der Waals surface area contributed by atoms with Crippen molar-refractivity contribution in [1.29, 1.82) is 0 Å². The maximum absolute atomic E-state index is 6.49. The third kappa shape index (κ3) is 4.94. The standard InChI is InChI=1S/C24H50N4/c1-21(2)17-15-19(23(5,6)27(21)25)13-11-9-10-12-14-20-16-18-22(3,4)28(26)24(20,7)8/h19-20H,9-18,25-26H2,1-8H3. The third-order valence-corrected chi connectivity index (χ3v) is 8.61. The number of hydrazine groups is 2. The summed E-state index contributed by atoms with van der Waals surface area (Å²) in [5.41, 5.74) is 0.451. The van der Waals surface area contributed by atoms with Crippen molar-refractivity contribution in [2.24, 2.45) is 23.5 Å². The molecule has 0 bridgehead atoms. The number of piperidine rings is 2. The van der Waals surface area contributed by atoms with E-state index in [1.165, 1.54) is 64.2 Å². The van der Waals surface area contributed by atoms with E-state index in [0.29, 0.717) is 0 Å². The van der Waals surface area contributed by atoms with Gasteiger partial charge >= 0.3 is 0 Å². The summed E-state index contributed by atoms with van der Waals surface area (Å²) < 4.78 is 0. The van der Waals surface area contributed by atoms with Gasteiger partial charge in [0.1, 0.15) is 0 Å². The smallest absolute Gasteiger partial charge is 0.0329 e. The Balaban J connectivity index is 1.70. The number of unbranched alkanes of at least 4 members (excludes halogenated alkanes) is 3. The van der Waals surface area contributed by atoms with E-state index >= 15 is 0 Å². The molecule has 4 heteroatoms. The number of hydrogen-bond acceptors (Lipinski definition) is 4. The Kier molecular flexibility index (Phi) is 7.34. The summed E-state index contributed by atoms with van der Waals surface area (Å²) in [7, 11) is 0. The predicted molar refractivity (Wildman–Crippen MR) is 122 cm³/mol. The van der Waals surface area contributed by atoms with Crippen molar-refractivity contribution >= 4 is 0 Å². The maximum atomic E-state index is 6.49. The van der Waals surface area contributed by atoms with Gasteiger partial charge in [-0.3, -0.25) is 11.7 Å². The van der Waals surface area contributed by atoms with E-state index in [9.17, 15) is 0 Å². The van der Waals surface area contributed by atoms with Crippen molar-refractivity contribution in [3.8, 4) is 0 Å². The molecule has 4 N–H and O–H groups in total. The van der Waals surface area contributed by atoms with E-state index in [2.05, 4.69) is 65.4 Å². The van der Waals surface area contributed by atoms with Crippen LogP contribution in [0.1, 0.15) is 120 Å². The molecule has 2 aliphatic rings. The van der Waals surface area contributed by atoms with Crippen LogP contribution >= 0.6 is 0 Å². The monoisotopic (exact) mass is 394 g/mol. The lowest BCUT2D eigenvalue weighted by atomic mass is 9.71. The van der Waals surface area contributed by atoms with Gasteiger partial charge in [0, 0.05) is 22.2 Å². The highest BCUT2D eigenvalue weighted by molar-refractivity contribution is 4.99. The molecule has 2 fully saturated rings. The molecule has 0 aromatic carbocycles. The molecule has 0 spiro atoms. The van der Waals surface area contributed by atoms with Gasteiger partial charge < -0.3 is 0 Å². The van der Waals surface area contributed by atoms with Gasteiger partial charge in [-0.25, -0.2) is 10.0 Å². The van der Waals surface area contributed by atoms with Gasteiger partial charge in [-0.2, -0.15) is 0 Å². The molecule has 0 saturated carbocycles. The molecular weight excluding hydrogens is 344 g/mol. The maximum Gasteiger partial charge on any atom is 0.0329 e. The molecule has 0 amide bonds. The Hall–Kier alpha value is -0.160. The Labute approximate surface area is 175 Å². The van der Waals surface area contributed by atoms with Gasteiger partial charge in [0.25, 0.3) is 0 Å². The highest BCUT2D eigenvalue weighted by atomic mass is 15.5. The van der Waals surface area contributed by atoms with Crippen molar-refractivity contribution in [2.75, 3.05) is 0 Å². The van der Waals surface area contributed by atoms with Gasteiger partial charge in [-0.15, -0.1) is 0 Å². The van der Waals surface area contributed by atoms with E-state index < -0.39 is 0 Å². The minimum Gasteiger partial charge on any atom is -0.268 e. The quantitative estimate of drug-likeness (QED) is 0.435. The fourth-order valence-electron chi connectivity index (χ4n) is 6.09. The first-order valence-corrected chi connectivity index (χ1v) is 11.8. The van der Waals surface area contributed by atoms with Crippen LogP contribution in [0.25, 0.3) is 0 Å². The molecule has 2 unspecified atom stereocenters. The first-order valence-electron chi connectivity index (χ1n) is 11.8. The molecule has 0 radical (unpaired) electrons. The molecule has 0 aliphatic carbocycles. The second-order valence-electron chi connectivity index (χ2n) is 12.1. The zero-order chi connectivity index (χ0) is 21.4. The molecule has 2 aliphatic heterocycles. The fourth-order valence-corrected chi connectivity index (χ4v) is 6.09. The van der Waals surface area contributed by atoms with Crippen molar-refractivity contribution in [2.45, 2.75) is 142 Å². The summed E-state index contributed by atoms with van der Waals surface area (Å²) in [5, 5.41) is 4.28. The van der Waals surface area contributed by atoms with E-state index in [-0.39, 0.29) is 22.2 Å². The number of hydrogen-bond donors (Lipinski definition) is 2. The van der Waals surface area contributed by atoms with Crippen LogP contribution in [0, 0.1) is 11.8 Å². The van der Waals surface area contributed by atoms with Crippen molar-refractivity contribution in [3.63, 3.8) is 0 Å². The largest absolute Gasteiger partial charge is 0.268 e. The molecule has 2 rings (SSSR count). The van der Waals surface area contributed by atoms with E-state index in [4.69, 9.17) is 11.7 Å². The molecule has 2 heterocycles. The summed E-state index contributed by atoms with van der Waals surface area (Å²) in [6.07, 6.45) is 13.1. The first kappa shape index (κ1) is 24.1. The van der Waals surface area contributed by atoms with Crippen LogP contribution < -0.4 is 11.7 Å². The first-order chi connectivity index (χ1) is 12.7. The minimum absolute atomic E-state index is 0.102. The van der Waals surface area contributed by atoms with Crippen LogP contribution in [-0.4, -0.2) is 32.2 Å². The number of nitrogens with two attached hydrogens (primary N) is 2. The SMILES string of the molecule is CC1(C)CCC(CCCCCCC2CCC(C)(C)N(N)C2(C)C)C(C)(C)N1N. The number of nitrogens with zero attached hydrogens (tertiary/aromatic N) is 2. The fraction of sp³-hybridized carbons (Fsp3) is 1.00. The minimum atomic E-state index is 0.102. The zero-order valence-corrected chi connectivity index (χ0v) is 20.3. The van der Waals surface area contributed by atoms with Crippen molar-refractivity contribution < 1.29 is 0 Å². The van der Waals surface area contributed by atoms with Gasteiger partial charge in [0.15, 0.2) is 0 Å². The van der Waals surface area contributed by atoms with E-state index in [0.717, 1.165) is 11.8 Å².